The lowest BCUT2D eigenvalue weighted by atomic mass is 10.1. The number of hydrogen-bond donors (Lipinski definition) is 1. The Morgan fingerprint density at radius 1 is 1.43 bits per heavy atom. The third-order valence-electron chi connectivity index (χ3n) is 1.89. The van der Waals surface area contributed by atoms with Crippen molar-refractivity contribution in [3.8, 4) is 0 Å². The quantitative estimate of drug-likeness (QED) is 0.782. The lowest BCUT2D eigenvalue weighted by molar-refractivity contribution is 0.204. The van der Waals surface area contributed by atoms with Gasteiger partial charge in [0.05, 0.1) is 6.10 Å². The fourth-order valence-corrected chi connectivity index (χ4v) is 2.29. The second kappa shape index (κ2) is 6.33. The van der Waals surface area contributed by atoms with Crippen LogP contribution in [0.25, 0.3) is 0 Å². The molecule has 0 aromatic heterocycles. The fraction of sp³-hybridized carbons (Fsp3) is 0.455. The van der Waals surface area contributed by atoms with E-state index in [2.05, 4.69) is 6.92 Å². The van der Waals surface area contributed by atoms with E-state index in [1.807, 2.05) is 24.3 Å². The topological polar surface area (TPSA) is 20.2 Å². The zero-order valence-corrected chi connectivity index (χ0v) is 9.81. The van der Waals surface area contributed by atoms with E-state index in [-0.39, 0.29) is 0 Å². The van der Waals surface area contributed by atoms with Crippen molar-refractivity contribution in [2.45, 2.75) is 19.4 Å². The molecule has 0 aliphatic carbocycles. The highest BCUT2D eigenvalue weighted by atomic mass is 35.5. The molecule has 78 valence electrons. The Balaban J connectivity index is 2.51. The summed E-state index contributed by atoms with van der Waals surface area (Å²) in [6.45, 7) is 2.13. The van der Waals surface area contributed by atoms with Crippen molar-refractivity contribution in [3.63, 3.8) is 0 Å². The molecule has 1 rings (SSSR count). The van der Waals surface area contributed by atoms with Gasteiger partial charge in [-0.05, 0) is 23.8 Å². The minimum atomic E-state index is -0.444. The number of aliphatic hydroxyl groups is 1. The van der Waals surface area contributed by atoms with Crippen molar-refractivity contribution < 1.29 is 5.11 Å². The van der Waals surface area contributed by atoms with Crippen LogP contribution in [-0.2, 0) is 0 Å². The van der Waals surface area contributed by atoms with Gasteiger partial charge in [-0.1, -0.05) is 36.7 Å². The van der Waals surface area contributed by atoms with Gasteiger partial charge in [0.2, 0.25) is 0 Å². The van der Waals surface area contributed by atoms with E-state index < -0.39 is 6.10 Å². The molecule has 1 atom stereocenters. The summed E-state index contributed by atoms with van der Waals surface area (Å²) in [6.07, 6.45) is 0.695. The van der Waals surface area contributed by atoms with Gasteiger partial charge in [-0.3, -0.25) is 0 Å². The average molecular weight is 231 g/mol. The molecule has 0 fully saturated rings. The van der Waals surface area contributed by atoms with Crippen LogP contribution in [0.4, 0.5) is 0 Å². The van der Waals surface area contributed by atoms with Gasteiger partial charge in [0.1, 0.15) is 0 Å². The largest absolute Gasteiger partial charge is 0.387 e. The smallest absolute Gasteiger partial charge is 0.0894 e. The second-order valence-electron chi connectivity index (χ2n) is 3.11. The van der Waals surface area contributed by atoms with Crippen LogP contribution in [-0.4, -0.2) is 16.6 Å². The number of benzene rings is 1. The molecule has 1 nitrogen and oxygen atoms in total. The molecule has 1 aromatic rings. The van der Waals surface area contributed by atoms with E-state index in [9.17, 15) is 5.11 Å². The number of hydrogen-bond acceptors (Lipinski definition) is 2. The molecule has 0 aliphatic heterocycles. The Kier molecular flexibility index (Phi) is 5.38. The van der Waals surface area contributed by atoms with Crippen molar-refractivity contribution in [3.05, 3.63) is 34.9 Å². The molecule has 14 heavy (non-hydrogen) atoms. The molecular weight excluding hydrogens is 216 g/mol. The third-order valence-corrected chi connectivity index (χ3v) is 3.48. The minimum absolute atomic E-state index is 0.444. The Labute approximate surface area is 94.5 Å². The fourth-order valence-electron chi connectivity index (χ4n) is 1.17. The van der Waals surface area contributed by atoms with Crippen molar-refractivity contribution in [1.29, 1.82) is 0 Å². The standard InChI is InChI=1S/C11H15ClOS/c1-2-7-14-8-11(13)9-5-3-4-6-10(9)12/h3-6,11,13H,2,7-8H2,1H3. The number of halogens is 1. The van der Waals surface area contributed by atoms with E-state index >= 15 is 0 Å². The zero-order valence-electron chi connectivity index (χ0n) is 8.24. The predicted molar refractivity (Wildman–Crippen MR) is 64.0 cm³/mol. The summed E-state index contributed by atoms with van der Waals surface area (Å²) in [5, 5.41) is 10.5. The summed E-state index contributed by atoms with van der Waals surface area (Å²) in [5.74, 6) is 1.80. The highest BCUT2D eigenvalue weighted by Gasteiger charge is 2.10. The Morgan fingerprint density at radius 2 is 2.14 bits per heavy atom. The third kappa shape index (κ3) is 3.52. The first-order chi connectivity index (χ1) is 6.75. The summed E-state index contributed by atoms with van der Waals surface area (Å²) in [4.78, 5) is 0. The van der Waals surface area contributed by atoms with E-state index in [1.165, 1.54) is 0 Å². The van der Waals surface area contributed by atoms with Gasteiger partial charge >= 0.3 is 0 Å². The molecule has 0 saturated heterocycles. The molecule has 1 unspecified atom stereocenters. The Bertz CT molecular complexity index is 278. The van der Waals surface area contributed by atoms with Crippen LogP contribution in [0.3, 0.4) is 0 Å². The number of aliphatic hydroxyl groups excluding tert-OH is 1. The van der Waals surface area contributed by atoms with Crippen molar-refractivity contribution in [1.82, 2.24) is 0 Å². The summed E-state index contributed by atoms with van der Waals surface area (Å²) in [7, 11) is 0. The van der Waals surface area contributed by atoms with Crippen LogP contribution in [0, 0.1) is 0 Å². The van der Waals surface area contributed by atoms with Gasteiger partial charge in [0.25, 0.3) is 0 Å². The first-order valence-corrected chi connectivity index (χ1v) is 6.29. The van der Waals surface area contributed by atoms with E-state index in [0.29, 0.717) is 5.02 Å². The lowest BCUT2D eigenvalue weighted by Crippen LogP contribution is -2.01. The van der Waals surface area contributed by atoms with E-state index in [0.717, 1.165) is 23.5 Å². The number of thioether (sulfide) groups is 1. The summed E-state index contributed by atoms with van der Waals surface area (Å²) >= 11 is 7.72. The SMILES string of the molecule is CCCSCC(O)c1ccccc1Cl. The lowest BCUT2D eigenvalue weighted by Gasteiger charge is -2.11. The van der Waals surface area contributed by atoms with Crippen LogP contribution in [0.2, 0.25) is 5.02 Å². The van der Waals surface area contributed by atoms with Crippen LogP contribution in [0.15, 0.2) is 24.3 Å². The van der Waals surface area contributed by atoms with Crippen LogP contribution in [0.5, 0.6) is 0 Å². The maximum Gasteiger partial charge on any atom is 0.0894 e. The van der Waals surface area contributed by atoms with Crippen molar-refractivity contribution in [2.75, 3.05) is 11.5 Å². The first-order valence-electron chi connectivity index (χ1n) is 4.76. The maximum atomic E-state index is 9.82. The Hall–Kier alpha value is -0.180. The second-order valence-corrected chi connectivity index (χ2v) is 4.67. The molecule has 0 saturated carbocycles. The van der Waals surface area contributed by atoms with E-state index in [4.69, 9.17) is 11.6 Å². The average Bonchev–Trinajstić information content (AvgIpc) is 2.18. The van der Waals surface area contributed by atoms with Crippen molar-refractivity contribution in [2.24, 2.45) is 0 Å². The molecule has 0 aliphatic rings. The van der Waals surface area contributed by atoms with Crippen LogP contribution >= 0.6 is 23.4 Å². The molecule has 1 N–H and O–H groups in total. The maximum absolute atomic E-state index is 9.82. The highest BCUT2D eigenvalue weighted by Crippen LogP contribution is 2.25. The molecule has 0 heterocycles. The molecule has 3 heteroatoms. The molecule has 0 radical (unpaired) electrons. The highest BCUT2D eigenvalue weighted by molar-refractivity contribution is 7.99. The zero-order chi connectivity index (χ0) is 10.4. The minimum Gasteiger partial charge on any atom is -0.387 e. The summed E-state index contributed by atoms with van der Waals surface area (Å²) < 4.78 is 0. The Morgan fingerprint density at radius 3 is 2.79 bits per heavy atom. The number of rotatable bonds is 5. The van der Waals surface area contributed by atoms with Gasteiger partial charge in [0.15, 0.2) is 0 Å². The normalized spacial score (nSPS) is 12.8. The predicted octanol–water partition coefficient (Wildman–Crippen LogP) is 3.52. The van der Waals surface area contributed by atoms with Crippen molar-refractivity contribution >= 4 is 23.4 Å². The van der Waals surface area contributed by atoms with Gasteiger partial charge in [0, 0.05) is 10.8 Å². The molecule has 0 amide bonds. The molecule has 0 spiro atoms. The summed E-state index contributed by atoms with van der Waals surface area (Å²) in [6, 6.07) is 7.46. The van der Waals surface area contributed by atoms with Crippen LogP contribution < -0.4 is 0 Å². The first kappa shape index (κ1) is 11.9. The molecule has 0 bridgehead atoms. The van der Waals surface area contributed by atoms with Gasteiger partial charge < -0.3 is 5.11 Å². The van der Waals surface area contributed by atoms with Gasteiger partial charge in [-0.25, -0.2) is 0 Å². The molecular formula is C11H15ClOS. The van der Waals surface area contributed by atoms with Crippen LogP contribution in [0.1, 0.15) is 25.0 Å². The summed E-state index contributed by atoms with van der Waals surface area (Å²) in [5.41, 5.74) is 0.831. The monoisotopic (exact) mass is 230 g/mol. The van der Waals surface area contributed by atoms with E-state index in [1.54, 1.807) is 11.8 Å². The van der Waals surface area contributed by atoms with Gasteiger partial charge in [-0.15, -0.1) is 0 Å². The van der Waals surface area contributed by atoms with Gasteiger partial charge in [-0.2, -0.15) is 11.8 Å². The molecule has 1 aromatic carbocycles.